The predicted octanol–water partition coefficient (Wildman–Crippen LogP) is 1.36. The van der Waals surface area contributed by atoms with Crippen molar-refractivity contribution in [2.24, 2.45) is 0 Å². The van der Waals surface area contributed by atoms with Crippen molar-refractivity contribution in [2.75, 3.05) is 88.2 Å². The van der Waals surface area contributed by atoms with Crippen molar-refractivity contribution < 1.29 is 41.6 Å². The van der Waals surface area contributed by atoms with E-state index in [2.05, 4.69) is 5.32 Å². The SMILES string of the molecule is C[N+](C)(CCCOC(=O)CCSCSCCCOCCC[NH2+]CCCS[O-])CCCS(=O)(=O)[O-]. The van der Waals surface area contributed by atoms with Crippen LogP contribution in [0.2, 0.25) is 0 Å². The number of ether oxygens (including phenoxy) is 2. The van der Waals surface area contributed by atoms with Gasteiger partial charge in [0.2, 0.25) is 0 Å². The Kier molecular flexibility index (Phi) is 22.6. The Hall–Kier alpha value is 0.270. The molecule has 34 heavy (non-hydrogen) atoms. The third kappa shape index (κ3) is 26.9. The van der Waals surface area contributed by atoms with Crippen molar-refractivity contribution in [3.8, 4) is 0 Å². The molecule has 0 saturated carbocycles. The van der Waals surface area contributed by atoms with Crippen molar-refractivity contribution in [2.45, 2.75) is 38.5 Å². The maximum absolute atomic E-state index is 11.8. The van der Waals surface area contributed by atoms with Crippen molar-refractivity contribution in [1.29, 1.82) is 0 Å². The molecule has 0 spiro atoms. The average molecular weight is 565 g/mol. The van der Waals surface area contributed by atoms with Crippen LogP contribution in [0, 0.1) is 0 Å². The molecule has 0 heterocycles. The van der Waals surface area contributed by atoms with Crippen LogP contribution in [0.5, 0.6) is 0 Å². The first-order chi connectivity index (χ1) is 16.2. The summed E-state index contributed by atoms with van der Waals surface area (Å²) in [5, 5.41) is 3.19. The highest BCUT2D eigenvalue weighted by Crippen LogP contribution is 2.14. The molecule has 0 fully saturated rings. The lowest BCUT2D eigenvalue weighted by Gasteiger charge is -2.30. The highest BCUT2D eigenvalue weighted by Gasteiger charge is 2.15. The zero-order valence-corrected chi connectivity index (χ0v) is 24.0. The van der Waals surface area contributed by atoms with Crippen LogP contribution >= 0.6 is 35.6 Å². The van der Waals surface area contributed by atoms with E-state index in [4.69, 9.17) is 9.47 Å². The van der Waals surface area contributed by atoms with E-state index in [9.17, 15) is 22.3 Å². The Labute approximate surface area is 219 Å². The number of quaternary nitrogens is 2. The van der Waals surface area contributed by atoms with E-state index in [-0.39, 0.29) is 11.7 Å². The molecular weight excluding hydrogens is 521 g/mol. The molecule has 204 valence electrons. The van der Waals surface area contributed by atoms with E-state index in [1.807, 2.05) is 25.9 Å². The van der Waals surface area contributed by atoms with Crippen LogP contribution in [-0.2, 0) is 24.4 Å². The lowest BCUT2D eigenvalue weighted by molar-refractivity contribution is -0.890. The highest BCUT2D eigenvalue weighted by atomic mass is 32.2. The zero-order valence-electron chi connectivity index (χ0n) is 20.7. The van der Waals surface area contributed by atoms with E-state index in [1.54, 1.807) is 11.8 Å². The topological polar surface area (TPSA) is 132 Å². The van der Waals surface area contributed by atoms with Crippen LogP contribution in [0.3, 0.4) is 0 Å². The van der Waals surface area contributed by atoms with Crippen LogP contribution in [0.25, 0.3) is 0 Å². The number of nitrogens with zero attached hydrogens (tertiary/aromatic N) is 1. The standard InChI is InChI=1S/C21H44N2O7S4/c1-23(2,12-6-19-34(26,27)28)11-5-15-30-21(24)8-18-32-20-31-16-7-14-29-13-3-9-22-10-4-17-33-25/h22H,3-20H2,1-2H3,(H-,25,26,27,28). The summed E-state index contributed by atoms with van der Waals surface area (Å²) < 4.78 is 53.8. The Balaban J connectivity index is 3.39. The molecule has 0 aromatic rings. The maximum atomic E-state index is 11.8. The van der Waals surface area contributed by atoms with Crippen molar-refractivity contribution in [3.05, 3.63) is 0 Å². The zero-order chi connectivity index (χ0) is 25.5. The van der Waals surface area contributed by atoms with Crippen LogP contribution < -0.4 is 5.32 Å². The smallest absolute Gasteiger partial charge is 0.306 e. The highest BCUT2D eigenvalue weighted by molar-refractivity contribution is 8.15. The molecule has 0 aromatic heterocycles. The Morgan fingerprint density at radius 1 is 0.912 bits per heavy atom. The molecule has 0 aromatic carbocycles. The largest absolute Gasteiger partial charge is 0.799 e. The third-order valence-electron chi connectivity index (χ3n) is 4.86. The van der Waals surface area contributed by atoms with Crippen LogP contribution in [-0.4, -0.2) is 116 Å². The van der Waals surface area contributed by atoms with Crippen molar-refractivity contribution in [3.63, 3.8) is 0 Å². The first-order valence-electron chi connectivity index (χ1n) is 11.9. The summed E-state index contributed by atoms with van der Waals surface area (Å²) in [6, 6.07) is 0. The molecule has 0 aliphatic rings. The number of thioether (sulfide) groups is 2. The van der Waals surface area contributed by atoms with Gasteiger partial charge in [-0.2, -0.15) is 23.5 Å². The minimum absolute atomic E-state index is 0.185. The maximum Gasteiger partial charge on any atom is 0.306 e. The van der Waals surface area contributed by atoms with E-state index >= 15 is 0 Å². The van der Waals surface area contributed by atoms with Crippen molar-refractivity contribution in [1.82, 2.24) is 0 Å². The third-order valence-corrected chi connectivity index (χ3v) is 8.50. The predicted molar refractivity (Wildman–Crippen MR) is 141 cm³/mol. The minimum Gasteiger partial charge on any atom is -0.799 e. The summed E-state index contributed by atoms with van der Waals surface area (Å²) in [5.41, 5.74) is 0. The van der Waals surface area contributed by atoms with Gasteiger partial charge < -0.3 is 28.4 Å². The number of esters is 1. The molecule has 13 heteroatoms. The molecule has 0 rings (SSSR count). The molecule has 0 radical (unpaired) electrons. The van der Waals surface area contributed by atoms with Crippen molar-refractivity contribution >= 4 is 51.7 Å². The van der Waals surface area contributed by atoms with Crippen LogP contribution in [0.4, 0.5) is 0 Å². The Morgan fingerprint density at radius 2 is 1.59 bits per heavy atom. The van der Waals surface area contributed by atoms with E-state index in [1.165, 1.54) is 0 Å². The Bertz CT molecular complexity index is 596. The summed E-state index contributed by atoms with van der Waals surface area (Å²) in [7, 11) is -0.211. The first kappa shape index (κ1) is 34.3. The van der Waals surface area contributed by atoms with Gasteiger partial charge in [0.25, 0.3) is 0 Å². The molecule has 2 N–H and O–H groups in total. The van der Waals surface area contributed by atoms with Gasteiger partial charge in [0.1, 0.15) is 0 Å². The fourth-order valence-corrected chi connectivity index (χ4v) is 5.80. The lowest BCUT2D eigenvalue weighted by atomic mass is 10.3. The molecule has 0 unspecified atom stereocenters. The quantitative estimate of drug-likeness (QED) is 0.0433. The van der Waals surface area contributed by atoms with E-state index in [0.29, 0.717) is 54.7 Å². The van der Waals surface area contributed by atoms with Gasteiger partial charge in [0.05, 0.1) is 70.0 Å². The van der Waals surface area contributed by atoms with Gasteiger partial charge in [-0.1, -0.05) is 0 Å². The second-order valence-electron chi connectivity index (χ2n) is 8.62. The molecule has 9 nitrogen and oxygen atoms in total. The number of carbonyl (C=O) groups is 1. The summed E-state index contributed by atoms with van der Waals surface area (Å²) >= 11 is 4.25. The lowest BCUT2D eigenvalue weighted by Crippen LogP contribution is -2.84. The second kappa shape index (κ2) is 22.5. The van der Waals surface area contributed by atoms with Crippen LogP contribution in [0.15, 0.2) is 0 Å². The fourth-order valence-electron chi connectivity index (χ4n) is 2.99. The normalized spacial score (nSPS) is 12.2. The molecule has 0 atom stereocenters. The molecule has 0 aliphatic heterocycles. The fraction of sp³-hybridized carbons (Fsp3) is 0.952. The first-order valence-corrected chi connectivity index (χ1v) is 16.7. The monoisotopic (exact) mass is 564 g/mol. The van der Waals surface area contributed by atoms with E-state index in [0.717, 1.165) is 68.7 Å². The average Bonchev–Trinajstić information content (AvgIpc) is 2.75. The molecular formula is C21H44N2O7S4. The van der Waals surface area contributed by atoms with Gasteiger partial charge in [-0.25, -0.2) is 8.42 Å². The number of hydrogen-bond donors (Lipinski definition) is 1. The van der Waals surface area contributed by atoms with Crippen LogP contribution in [0.1, 0.15) is 38.5 Å². The summed E-state index contributed by atoms with van der Waals surface area (Å²) in [6.45, 7) is 5.34. The second-order valence-corrected chi connectivity index (χ2v) is 13.4. The van der Waals surface area contributed by atoms with Gasteiger partial charge in [-0.15, -0.1) is 0 Å². The number of nitrogens with two attached hydrogens (primary N) is 1. The van der Waals surface area contributed by atoms with Gasteiger partial charge in [-0.3, -0.25) is 16.8 Å². The summed E-state index contributed by atoms with van der Waals surface area (Å²) in [5.74, 6) is 1.97. The molecule has 0 bridgehead atoms. The summed E-state index contributed by atoms with van der Waals surface area (Å²) in [6.07, 6.45) is 4.47. The number of hydrogen-bond acceptors (Lipinski definition) is 10. The number of rotatable bonds is 25. The number of carbonyl (C=O) groups excluding carboxylic acids is 1. The Morgan fingerprint density at radius 3 is 2.32 bits per heavy atom. The van der Waals surface area contributed by atoms with Gasteiger partial charge >= 0.3 is 5.97 Å². The minimum atomic E-state index is -4.16. The van der Waals surface area contributed by atoms with Gasteiger partial charge in [0, 0.05) is 48.9 Å². The van der Waals surface area contributed by atoms with Gasteiger partial charge in [0.15, 0.2) is 0 Å². The van der Waals surface area contributed by atoms with Gasteiger partial charge in [-0.05, 0) is 17.9 Å². The summed E-state index contributed by atoms with van der Waals surface area (Å²) in [4.78, 5) is 11.8. The molecule has 0 aliphatic carbocycles. The molecule has 0 amide bonds. The molecule has 0 saturated heterocycles. The van der Waals surface area contributed by atoms with E-state index < -0.39 is 10.1 Å².